The smallest absolute Gasteiger partial charge is 0.744 e. The Morgan fingerprint density at radius 3 is 1.74 bits per heavy atom. The molecule has 0 N–H and O–H groups in total. The van der Waals surface area contributed by atoms with Crippen LogP contribution in [0.5, 0.6) is 0 Å². The molecule has 2 aromatic rings. The zero-order valence-electron chi connectivity index (χ0n) is 10.5. The molecule has 2 rings (SSSR count). The quantitative estimate of drug-likeness (QED) is 0.444. The molecular weight excluding hydrogens is 271 g/mol. The minimum absolute atomic E-state index is 0. The predicted molar refractivity (Wildman–Crippen MR) is 69.8 cm³/mol. The second kappa shape index (κ2) is 7.03. The number of hydrogen-bond acceptors (Lipinski definition) is 3. The molecule has 0 fully saturated rings. The first-order valence-electron chi connectivity index (χ1n) is 5.35. The van der Waals surface area contributed by atoms with E-state index in [0.29, 0.717) is 0 Å². The Labute approximate surface area is 135 Å². The average Bonchev–Trinajstić information content (AvgIpc) is 2.37. The van der Waals surface area contributed by atoms with E-state index in [1.807, 2.05) is 42.5 Å². The van der Waals surface area contributed by atoms with Gasteiger partial charge in [-0.05, 0) is 23.3 Å². The van der Waals surface area contributed by atoms with E-state index in [1.165, 1.54) is 12.1 Å². The molecule has 3 nitrogen and oxygen atoms in total. The summed E-state index contributed by atoms with van der Waals surface area (Å²) in [6.45, 7) is 0. The summed E-state index contributed by atoms with van der Waals surface area (Å²) in [5.74, 6) is 0. The van der Waals surface area contributed by atoms with Gasteiger partial charge in [-0.2, -0.15) is 0 Å². The van der Waals surface area contributed by atoms with E-state index in [0.717, 1.165) is 11.1 Å². The van der Waals surface area contributed by atoms with E-state index in [1.54, 1.807) is 12.1 Å². The first kappa shape index (κ1) is 16.1. The maximum absolute atomic E-state index is 10.7. The molecule has 0 saturated heterocycles. The largest absolute Gasteiger partial charge is 1.00 e. The van der Waals surface area contributed by atoms with Crippen molar-refractivity contribution in [2.45, 2.75) is 4.90 Å². The van der Waals surface area contributed by atoms with E-state index < -0.39 is 10.1 Å². The van der Waals surface area contributed by atoms with Crippen molar-refractivity contribution in [2.75, 3.05) is 0 Å². The summed E-state index contributed by atoms with van der Waals surface area (Å²) in [6.07, 6.45) is 3.78. The third-order valence-electron chi connectivity index (χ3n) is 2.44. The van der Waals surface area contributed by atoms with Crippen LogP contribution in [0.3, 0.4) is 0 Å². The summed E-state index contributed by atoms with van der Waals surface area (Å²) in [6, 6.07) is 15.6. The fourth-order valence-corrected chi connectivity index (χ4v) is 1.97. The van der Waals surface area contributed by atoms with Crippen molar-refractivity contribution in [2.24, 2.45) is 0 Å². The van der Waals surface area contributed by atoms with Gasteiger partial charge in [0.05, 0.1) is 4.90 Å². The van der Waals surface area contributed by atoms with Crippen LogP contribution < -0.4 is 29.6 Å². The van der Waals surface area contributed by atoms with Gasteiger partial charge in [0, 0.05) is 0 Å². The molecule has 0 aliphatic heterocycles. The van der Waals surface area contributed by atoms with Gasteiger partial charge in [-0.1, -0.05) is 54.6 Å². The average molecular weight is 282 g/mol. The Hall–Kier alpha value is -0.910. The van der Waals surface area contributed by atoms with Gasteiger partial charge in [0.2, 0.25) is 0 Å². The van der Waals surface area contributed by atoms with Crippen LogP contribution in [0.1, 0.15) is 11.1 Å². The van der Waals surface area contributed by atoms with Crippen molar-refractivity contribution < 1.29 is 42.5 Å². The Balaban J connectivity index is 0.00000180. The maximum Gasteiger partial charge on any atom is 1.00 e. The summed E-state index contributed by atoms with van der Waals surface area (Å²) in [5, 5.41) is 0. The summed E-state index contributed by atoms with van der Waals surface area (Å²) >= 11 is 0. The van der Waals surface area contributed by atoms with Gasteiger partial charge in [-0.3, -0.25) is 0 Å². The zero-order chi connectivity index (χ0) is 13.0. The third-order valence-corrected chi connectivity index (χ3v) is 3.29. The van der Waals surface area contributed by atoms with Gasteiger partial charge in [0.25, 0.3) is 0 Å². The van der Waals surface area contributed by atoms with E-state index in [-0.39, 0.29) is 34.5 Å². The van der Waals surface area contributed by atoms with Gasteiger partial charge in [0.1, 0.15) is 10.1 Å². The molecule has 0 bridgehead atoms. The third kappa shape index (κ3) is 4.93. The Bertz CT molecular complexity index is 647. The van der Waals surface area contributed by atoms with Crippen molar-refractivity contribution in [1.29, 1.82) is 0 Å². The van der Waals surface area contributed by atoms with Crippen LogP contribution in [-0.2, 0) is 10.1 Å². The number of hydrogen-bond donors (Lipinski definition) is 0. The van der Waals surface area contributed by atoms with Crippen LogP contribution in [0.4, 0.5) is 0 Å². The molecule has 0 unspecified atom stereocenters. The van der Waals surface area contributed by atoms with Crippen LogP contribution >= 0.6 is 0 Å². The molecule has 19 heavy (non-hydrogen) atoms. The van der Waals surface area contributed by atoms with E-state index in [2.05, 4.69) is 0 Å². The maximum atomic E-state index is 10.7. The fraction of sp³-hybridized carbons (Fsp3) is 0. The Morgan fingerprint density at radius 2 is 1.26 bits per heavy atom. The normalized spacial score (nSPS) is 11.2. The Kier molecular flexibility index (Phi) is 5.97. The fourth-order valence-electron chi connectivity index (χ4n) is 1.50. The molecule has 0 atom stereocenters. The molecule has 0 saturated carbocycles. The molecule has 92 valence electrons. The van der Waals surface area contributed by atoms with Crippen molar-refractivity contribution in [3.63, 3.8) is 0 Å². The van der Waals surface area contributed by atoms with E-state index in [9.17, 15) is 13.0 Å². The van der Waals surface area contributed by atoms with Crippen LogP contribution in [0.25, 0.3) is 12.2 Å². The van der Waals surface area contributed by atoms with Gasteiger partial charge in [0.15, 0.2) is 0 Å². The number of benzene rings is 2. The molecule has 0 aliphatic carbocycles. The predicted octanol–water partition coefficient (Wildman–Crippen LogP) is -0.235. The molecule has 0 radical (unpaired) electrons. The molecule has 0 amide bonds. The molecule has 0 heterocycles. The van der Waals surface area contributed by atoms with Crippen molar-refractivity contribution in [3.8, 4) is 0 Å². The molecule has 5 heteroatoms. The summed E-state index contributed by atoms with van der Waals surface area (Å²) in [4.78, 5) is -0.209. The van der Waals surface area contributed by atoms with Crippen molar-refractivity contribution in [1.82, 2.24) is 0 Å². The van der Waals surface area contributed by atoms with Gasteiger partial charge in [-0.15, -0.1) is 0 Å². The first-order valence-corrected chi connectivity index (χ1v) is 6.76. The molecule has 0 aliphatic rings. The van der Waals surface area contributed by atoms with Gasteiger partial charge < -0.3 is 4.55 Å². The zero-order valence-corrected chi connectivity index (χ0v) is 13.3. The van der Waals surface area contributed by atoms with E-state index >= 15 is 0 Å². The van der Waals surface area contributed by atoms with Gasteiger partial charge >= 0.3 is 29.6 Å². The minimum Gasteiger partial charge on any atom is -0.744 e. The molecule has 0 spiro atoms. The Morgan fingerprint density at radius 1 is 0.789 bits per heavy atom. The van der Waals surface area contributed by atoms with Crippen LogP contribution in [-0.4, -0.2) is 13.0 Å². The standard InChI is InChI=1S/C14H12O3S.Na/c15-18(16,17)14-10-8-13(9-11-14)7-6-12-4-2-1-3-5-12;/h1-11H,(H,15,16,17);/q;+1/p-1. The SMILES string of the molecule is O=S(=O)([O-])c1ccc(C=Cc2ccccc2)cc1.[Na+]. The second-order valence-electron chi connectivity index (χ2n) is 3.77. The van der Waals surface area contributed by atoms with Crippen LogP contribution in [0.15, 0.2) is 59.5 Å². The summed E-state index contributed by atoms with van der Waals surface area (Å²) < 4.78 is 32.2. The van der Waals surface area contributed by atoms with Crippen LogP contribution in [0.2, 0.25) is 0 Å². The second-order valence-corrected chi connectivity index (χ2v) is 5.15. The minimum atomic E-state index is -4.36. The topological polar surface area (TPSA) is 57.2 Å². The van der Waals surface area contributed by atoms with Crippen molar-refractivity contribution in [3.05, 3.63) is 65.7 Å². The van der Waals surface area contributed by atoms with Gasteiger partial charge in [-0.25, -0.2) is 8.42 Å². The first-order chi connectivity index (χ1) is 8.55. The molecule has 2 aromatic carbocycles. The summed E-state index contributed by atoms with van der Waals surface area (Å²) in [7, 11) is -4.36. The number of rotatable bonds is 3. The van der Waals surface area contributed by atoms with E-state index in [4.69, 9.17) is 0 Å². The van der Waals surface area contributed by atoms with Crippen LogP contribution in [0, 0.1) is 0 Å². The molecule has 0 aromatic heterocycles. The monoisotopic (exact) mass is 282 g/mol. The van der Waals surface area contributed by atoms with Crippen molar-refractivity contribution >= 4 is 22.3 Å². The molecular formula is C14H11NaO3S. The summed E-state index contributed by atoms with van der Waals surface area (Å²) in [5.41, 5.74) is 1.89.